The molecule has 0 saturated carbocycles. The van der Waals surface area contributed by atoms with Crippen LogP contribution in [0, 0.1) is 10.8 Å². The Morgan fingerprint density at radius 2 is 1.62 bits per heavy atom. The van der Waals surface area contributed by atoms with E-state index in [1.807, 2.05) is 6.08 Å². The summed E-state index contributed by atoms with van der Waals surface area (Å²) in [6.07, 6.45) is 4.68. The molecule has 0 saturated heterocycles. The molecule has 0 N–H and O–H groups in total. The highest BCUT2D eigenvalue weighted by Gasteiger charge is 2.29. The van der Waals surface area contributed by atoms with E-state index in [-0.39, 0.29) is 16.6 Å². The molecule has 13 heavy (non-hydrogen) atoms. The van der Waals surface area contributed by atoms with Crippen LogP contribution < -0.4 is 0 Å². The molecule has 0 amide bonds. The molecule has 0 aliphatic heterocycles. The zero-order chi connectivity index (χ0) is 10.7. The molecular weight excluding hydrogens is 160 g/mol. The molecule has 0 atom stereocenters. The summed E-state index contributed by atoms with van der Waals surface area (Å²) in [7, 11) is 0. The second-order valence-electron chi connectivity index (χ2n) is 5.28. The lowest BCUT2D eigenvalue weighted by atomic mass is 9.69. The van der Waals surface area contributed by atoms with E-state index in [9.17, 15) is 4.79 Å². The third-order valence-corrected chi connectivity index (χ3v) is 2.87. The highest BCUT2D eigenvalue weighted by atomic mass is 16.1. The second kappa shape index (κ2) is 4.08. The first kappa shape index (κ1) is 12.4. The molecule has 1 heteroatoms. The lowest BCUT2D eigenvalue weighted by Crippen LogP contribution is -2.27. The summed E-state index contributed by atoms with van der Waals surface area (Å²) in [5.74, 6) is 0.223. The van der Waals surface area contributed by atoms with Gasteiger partial charge in [-0.3, -0.25) is 4.79 Å². The minimum atomic E-state index is 0.141. The molecule has 0 spiro atoms. The van der Waals surface area contributed by atoms with Gasteiger partial charge in [-0.05, 0) is 17.8 Å². The second-order valence-corrected chi connectivity index (χ2v) is 5.28. The van der Waals surface area contributed by atoms with E-state index in [1.165, 1.54) is 0 Å². The van der Waals surface area contributed by atoms with E-state index in [1.54, 1.807) is 6.92 Å². The Labute approximate surface area is 82.2 Å². The Morgan fingerprint density at radius 3 is 1.92 bits per heavy atom. The Balaban J connectivity index is 4.33. The molecule has 0 radical (unpaired) electrons. The van der Waals surface area contributed by atoms with Gasteiger partial charge in [0.25, 0.3) is 0 Å². The molecule has 1 nitrogen and oxygen atoms in total. The van der Waals surface area contributed by atoms with Crippen molar-refractivity contribution >= 4 is 5.78 Å². The van der Waals surface area contributed by atoms with Crippen LogP contribution in [0.2, 0.25) is 0 Å². The van der Waals surface area contributed by atoms with Crippen LogP contribution in [0.1, 0.15) is 48.0 Å². The first-order valence-corrected chi connectivity index (χ1v) is 4.84. The van der Waals surface area contributed by atoms with Crippen molar-refractivity contribution in [3.8, 4) is 0 Å². The maximum atomic E-state index is 10.7. The van der Waals surface area contributed by atoms with Gasteiger partial charge in [0.2, 0.25) is 0 Å². The van der Waals surface area contributed by atoms with Crippen LogP contribution in [0.25, 0.3) is 0 Å². The molecule has 0 unspecified atom stereocenters. The highest BCUT2D eigenvalue weighted by Crippen LogP contribution is 2.38. The number of allylic oxidation sites excluding steroid dienone is 2. The molecule has 76 valence electrons. The third kappa shape index (κ3) is 4.25. The predicted octanol–water partition coefficient (Wildman–Crippen LogP) is 3.59. The van der Waals surface area contributed by atoms with Crippen LogP contribution in [0.5, 0.6) is 0 Å². The maximum absolute atomic E-state index is 10.7. The zero-order valence-electron chi connectivity index (χ0n) is 9.77. The number of hydrogen-bond acceptors (Lipinski definition) is 1. The monoisotopic (exact) mass is 182 g/mol. The number of carbonyl (C=O) groups is 1. The van der Waals surface area contributed by atoms with Crippen LogP contribution >= 0.6 is 0 Å². The smallest absolute Gasteiger partial charge is 0.133 e. The Bertz CT molecular complexity index is 204. The summed E-state index contributed by atoms with van der Waals surface area (Å²) < 4.78 is 0. The Kier molecular flexibility index (Phi) is 3.89. The van der Waals surface area contributed by atoms with Crippen molar-refractivity contribution in [2.24, 2.45) is 10.8 Å². The van der Waals surface area contributed by atoms with E-state index >= 15 is 0 Å². The average Bonchev–Trinajstić information content (AvgIpc) is 1.82. The average molecular weight is 182 g/mol. The van der Waals surface area contributed by atoms with Gasteiger partial charge in [-0.2, -0.15) is 0 Å². The van der Waals surface area contributed by atoms with E-state index in [0.29, 0.717) is 6.42 Å². The molecule has 0 aliphatic carbocycles. The van der Waals surface area contributed by atoms with Gasteiger partial charge < -0.3 is 0 Å². The van der Waals surface area contributed by atoms with Crippen molar-refractivity contribution in [1.29, 1.82) is 0 Å². The van der Waals surface area contributed by atoms with Crippen LogP contribution in [-0.2, 0) is 4.79 Å². The molecule has 0 aromatic carbocycles. The fraction of sp³-hybridized carbons (Fsp3) is 0.750. The summed E-state index contributed by atoms with van der Waals surface area (Å²) in [5.41, 5.74) is 0.378. The quantitative estimate of drug-likeness (QED) is 0.609. The van der Waals surface area contributed by atoms with Gasteiger partial charge in [0.05, 0.1) is 0 Å². The van der Waals surface area contributed by atoms with Gasteiger partial charge in [0.1, 0.15) is 5.78 Å². The fourth-order valence-electron chi connectivity index (χ4n) is 0.770. The molecule has 0 aliphatic rings. The maximum Gasteiger partial charge on any atom is 0.133 e. The van der Waals surface area contributed by atoms with E-state index in [2.05, 4.69) is 40.7 Å². The number of carbonyl (C=O) groups excluding carboxylic acids is 1. The fourth-order valence-corrected chi connectivity index (χ4v) is 0.770. The predicted molar refractivity (Wildman–Crippen MR) is 57.7 cm³/mol. The zero-order valence-corrected chi connectivity index (χ0v) is 9.77. The van der Waals surface area contributed by atoms with Crippen molar-refractivity contribution < 1.29 is 4.79 Å². The van der Waals surface area contributed by atoms with E-state index < -0.39 is 0 Å². The summed E-state index contributed by atoms with van der Waals surface area (Å²) in [5, 5.41) is 0. The van der Waals surface area contributed by atoms with Crippen molar-refractivity contribution in [2.75, 3.05) is 0 Å². The SMILES string of the molecule is CC(=O)CC=CC(C)(C)C(C)(C)C. The lowest BCUT2D eigenvalue weighted by Gasteiger charge is -2.36. The van der Waals surface area contributed by atoms with Crippen molar-refractivity contribution in [2.45, 2.75) is 48.0 Å². The molecule has 0 rings (SSSR count). The number of hydrogen-bond donors (Lipinski definition) is 0. The van der Waals surface area contributed by atoms with Crippen LogP contribution in [-0.4, -0.2) is 5.78 Å². The lowest BCUT2D eigenvalue weighted by molar-refractivity contribution is -0.116. The van der Waals surface area contributed by atoms with Gasteiger partial charge in [0, 0.05) is 6.42 Å². The van der Waals surface area contributed by atoms with Crippen molar-refractivity contribution in [1.82, 2.24) is 0 Å². The summed E-state index contributed by atoms with van der Waals surface area (Å²) >= 11 is 0. The van der Waals surface area contributed by atoms with Gasteiger partial charge in [-0.15, -0.1) is 0 Å². The van der Waals surface area contributed by atoms with Crippen LogP contribution in [0.4, 0.5) is 0 Å². The molecule has 0 heterocycles. The van der Waals surface area contributed by atoms with E-state index in [0.717, 1.165) is 0 Å². The molecular formula is C12H22O. The number of rotatable bonds is 3. The molecule has 0 aromatic heterocycles. The van der Waals surface area contributed by atoms with Gasteiger partial charge >= 0.3 is 0 Å². The molecule has 0 fully saturated rings. The van der Waals surface area contributed by atoms with Gasteiger partial charge in [0.15, 0.2) is 0 Å². The Hall–Kier alpha value is -0.590. The first-order chi connectivity index (χ1) is 5.67. The summed E-state index contributed by atoms with van der Waals surface area (Å²) in [6, 6.07) is 0. The Morgan fingerprint density at radius 1 is 1.15 bits per heavy atom. The summed E-state index contributed by atoms with van der Waals surface area (Å²) in [4.78, 5) is 10.7. The van der Waals surface area contributed by atoms with E-state index in [4.69, 9.17) is 0 Å². The molecule has 0 aromatic rings. The molecule has 0 bridgehead atoms. The highest BCUT2D eigenvalue weighted by molar-refractivity contribution is 5.76. The summed E-state index contributed by atoms with van der Waals surface area (Å²) in [6.45, 7) is 12.7. The topological polar surface area (TPSA) is 17.1 Å². The number of Topliss-reactive ketones (excluding diaryl/α,β-unsaturated/α-hetero) is 1. The normalized spacial score (nSPS) is 13.7. The first-order valence-electron chi connectivity index (χ1n) is 4.84. The standard InChI is InChI=1S/C12H22O/c1-10(13)8-7-9-12(5,6)11(2,3)4/h7,9H,8H2,1-6H3. The third-order valence-electron chi connectivity index (χ3n) is 2.87. The van der Waals surface area contributed by atoms with Crippen molar-refractivity contribution in [3.63, 3.8) is 0 Å². The van der Waals surface area contributed by atoms with Crippen molar-refractivity contribution in [3.05, 3.63) is 12.2 Å². The largest absolute Gasteiger partial charge is 0.300 e. The minimum absolute atomic E-state index is 0.141. The van der Waals surface area contributed by atoms with Gasteiger partial charge in [-0.25, -0.2) is 0 Å². The van der Waals surface area contributed by atoms with Gasteiger partial charge in [-0.1, -0.05) is 46.8 Å². The number of ketones is 1. The minimum Gasteiger partial charge on any atom is -0.300 e. The van der Waals surface area contributed by atoms with Crippen LogP contribution in [0.15, 0.2) is 12.2 Å². The van der Waals surface area contributed by atoms with Crippen LogP contribution in [0.3, 0.4) is 0 Å².